The minimum Gasteiger partial charge on any atom is -0.327 e. The van der Waals surface area contributed by atoms with E-state index < -0.39 is 0 Å². The van der Waals surface area contributed by atoms with E-state index in [0.29, 0.717) is 12.3 Å². The monoisotopic (exact) mass is 278 g/mol. The van der Waals surface area contributed by atoms with Crippen LogP contribution in [-0.2, 0) is 17.8 Å². The fraction of sp³-hybridized carbons (Fsp3) is 0.800. The quantitative estimate of drug-likeness (QED) is 0.835. The molecular weight excluding hydrogens is 252 g/mol. The summed E-state index contributed by atoms with van der Waals surface area (Å²) in [7, 11) is 0. The molecule has 1 fully saturated rings. The van der Waals surface area contributed by atoms with Crippen LogP contribution in [0, 0.1) is 11.8 Å². The Kier molecular flexibility index (Phi) is 5.29. The lowest BCUT2D eigenvalue weighted by atomic mass is 9.89. The second-order valence-corrected chi connectivity index (χ2v) is 6.30. The van der Waals surface area contributed by atoms with Crippen molar-refractivity contribution in [2.24, 2.45) is 17.6 Å². The summed E-state index contributed by atoms with van der Waals surface area (Å²) in [5, 5.41) is 4.21. The third-order valence-corrected chi connectivity index (χ3v) is 4.05. The average Bonchev–Trinajstić information content (AvgIpc) is 2.68. The van der Waals surface area contributed by atoms with Crippen LogP contribution in [-0.4, -0.2) is 26.6 Å². The number of carbonyl (C=O) groups excluding carboxylic acids is 1. The molecule has 2 N–H and O–H groups in total. The molecule has 0 amide bonds. The smallest absolute Gasteiger partial charge is 0.145 e. The maximum atomic E-state index is 12.5. The van der Waals surface area contributed by atoms with Crippen molar-refractivity contribution in [3.05, 3.63) is 12.2 Å². The summed E-state index contributed by atoms with van der Waals surface area (Å²) < 4.78 is 1.85. The largest absolute Gasteiger partial charge is 0.327 e. The zero-order valence-electron chi connectivity index (χ0n) is 12.6. The number of nitrogens with zero attached hydrogens (tertiary/aromatic N) is 3. The molecular formula is C15H26N4O. The second kappa shape index (κ2) is 6.97. The van der Waals surface area contributed by atoms with Crippen molar-refractivity contribution in [1.82, 2.24) is 14.8 Å². The van der Waals surface area contributed by atoms with Crippen molar-refractivity contribution in [3.8, 4) is 0 Å². The van der Waals surface area contributed by atoms with Gasteiger partial charge in [0.25, 0.3) is 0 Å². The normalized spacial score (nSPS) is 23.8. The van der Waals surface area contributed by atoms with E-state index >= 15 is 0 Å². The van der Waals surface area contributed by atoms with Gasteiger partial charge in [0.1, 0.15) is 17.9 Å². The molecule has 0 aliphatic heterocycles. The Labute approximate surface area is 120 Å². The maximum absolute atomic E-state index is 12.5. The Balaban J connectivity index is 2.01. The molecule has 2 atom stereocenters. The summed E-state index contributed by atoms with van der Waals surface area (Å²) in [6.07, 6.45) is 7.26. The Morgan fingerprint density at radius 1 is 1.40 bits per heavy atom. The standard InChI is InChI=1S/C15H26N4O/c1-11(2)9-19-15(17-10-18-19)8-14(20)12-6-4-3-5-7-13(12)16/h10-13H,3-9,16H2,1-2H3. The Morgan fingerprint density at radius 3 is 2.90 bits per heavy atom. The number of ketones is 1. The van der Waals surface area contributed by atoms with Crippen LogP contribution in [0.5, 0.6) is 0 Å². The van der Waals surface area contributed by atoms with Crippen molar-refractivity contribution in [2.45, 2.75) is 65.0 Å². The van der Waals surface area contributed by atoms with E-state index in [9.17, 15) is 4.79 Å². The fourth-order valence-electron chi connectivity index (χ4n) is 2.95. The lowest BCUT2D eigenvalue weighted by Crippen LogP contribution is -2.35. The number of Topliss-reactive ketones (excluding diaryl/α,β-unsaturated/α-hetero) is 1. The highest BCUT2D eigenvalue weighted by Crippen LogP contribution is 2.24. The molecule has 2 rings (SSSR count). The van der Waals surface area contributed by atoms with E-state index in [1.54, 1.807) is 0 Å². The lowest BCUT2D eigenvalue weighted by Gasteiger charge is -2.20. The number of rotatable bonds is 5. The molecule has 1 aliphatic carbocycles. The molecule has 1 aromatic rings. The third-order valence-electron chi connectivity index (χ3n) is 4.05. The van der Waals surface area contributed by atoms with Crippen LogP contribution < -0.4 is 5.73 Å². The number of carbonyl (C=O) groups is 1. The van der Waals surface area contributed by atoms with Crippen LogP contribution in [0.2, 0.25) is 0 Å². The molecule has 0 spiro atoms. The summed E-state index contributed by atoms with van der Waals surface area (Å²) in [5.41, 5.74) is 6.16. The molecule has 0 bridgehead atoms. The van der Waals surface area contributed by atoms with Crippen molar-refractivity contribution in [2.75, 3.05) is 0 Å². The molecule has 5 nitrogen and oxygen atoms in total. The van der Waals surface area contributed by atoms with Gasteiger partial charge in [0.05, 0.1) is 6.42 Å². The summed E-state index contributed by atoms with van der Waals surface area (Å²) >= 11 is 0. The molecule has 1 aromatic heterocycles. The molecule has 2 unspecified atom stereocenters. The molecule has 0 saturated heterocycles. The van der Waals surface area contributed by atoms with Crippen LogP contribution in [0.1, 0.15) is 51.8 Å². The predicted molar refractivity (Wildman–Crippen MR) is 78.1 cm³/mol. The highest BCUT2D eigenvalue weighted by molar-refractivity contribution is 5.83. The fourth-order valence-corrected chi connectivity index (χ4v) is 2.95. The molecule has 0 radical (unpaired) electrons. The number of nitrogens with two attached hydrogens (primary N) is 1. The Hall–Kier alpha value is -1.23. The van der Waals surface area contributed by atoms with Crippen molar-refractivity contribution >= 4 is 5.78 Å². The van der Waals surface area contributed by atoms with Crippen LogP contribution in [0.3, 0.4) is 0 Å². The zero-order chi connectivity index (χ0) is 14.5. The van der Waals surface area contributed by atoms with E-state index in [1.807, 2.05) is 4.68 Å². The first-order chi connectivity index (χ1) is 9.58. The van der Waals surface area contributed by atoms with E-state index in [-0.39, 0.29) is 17.7 Å². The SMILES string of the molecule is CC(C)Cn1ncnc1CC(=O)C1CCCCCC1N. The molecule has 112 valence electrons. The molecule has 0 aromatic carbocycles. The molecule has 1 saturated carbocycles. The average molecular weight is 278 g/mol. The summed E-state index contributed by atoms with van der Waals surface area (Å²) in [5.74, 6) is 1.50. The van der Waals surface area contributed by atoms with Gasteiger partial charge < -0.3 is 5.73 Å². The molecule has 1 aliphatic rings. The summed E-state index contributed by atoms with van der Waals surface area (Å²) in [4.78, 5) is 16.7. The van der Waals surface area contributed by atoms with E-state index in [4.69, 9.17) is 5.73 Å². The van der Waals surface area contributed by atoms with E-state index in [1.165, 1.54) is 12.7 Å². The highest BCUT2D eigenvalue weighted by atomic mass is 16.1. The van der Waals surface area contributed by atoms with Gasteiger partial charge in [0.2, 0.25) is 0 Å². The molecule has 20 heavy (non-hydrogen) atoms. The topological polar surface area (TPSA) is 73.8 Å². The lowest BCUT2D eigenvalue weighted by molar-refractivity contribution is -0.123. The van der Waals surface area contributed by atoms with Gasteiger partial charge in [-0.15, -0.1) is 0 Å². The predicted octanol–water partition coefficient (Wildman–Crippen LogP) is 1.95. The van der Waals surface area contributed by atoms with Gasteiger partial charge in [-0.3, -0.25) is 4.79 Å². The van der Waals surface area contributed by atoms with E-state index in [0.717, 1.165) is 38.1 Å². The van der Waals surface area contributed by atoms with Gasteiger partial charge in [-0.05, 0) is 18.8 Å². The first kappa shape index (κ1) is 15.2. The van der Waals surface area contributed by atoms with Crippen molar-refractivity contribution < 1.29 is 4.79 Å². The number of aromatic nitrogens is 3. The maximum Gasteiger partial charge on any atom is 0.145 e. The Bertz CT molecular complexity index is 441. The van der Waals surface area contributed by atoms with Gasteiger partial charge in [0, 0.05) is 18.5 Å². The van der Waals surface area contributed by atoms with E-state index in [2.05, 4.69) is 23.9 Å². The van der Waals surface area contributed by atoms with Gasteiger partial charge in [-0.2, -0.15) is 5.10 Å². The van der Waals surface area contributed by atoms with Crippen LogP contribution in [0.4, 0.5) is 0 Å². The van der Waals surface area contributed by atoms with Gasteiger partial charge >= 0.3 is 0 Å². The van der Waals surface area contributed by atoms with Crippen LogP contribution in [0.15, 0.2) is 6.33 Å². The summed E-state index contributed by atoms with van der Waals surface area (Å²) in [6.45, 7) is 5.07. The minimum absolute atomic E-state index is 0.00157. The van der Waals surface area contributed by atoms with Crippen molar-refractivity contribution in [3.63, 3.8) is 0 Å². The molecule has 1 heterocycles. The second-order valence-electron chi connectivity index (χ2n) is 6.30. The first-order valence-corrected chi connectivity index (χ1v) is 7.73. The van der Waals surface area contributed by atoms with Crippen LogP contribution >= 0.6 is 0 Å². The Morgan fingerprint density at radius 2 is 2.15 bits per heavy atom. The van der Waals surface area contributed by atoms with Gasteiger partial charge in [0.15, 0.2) is 0 Å². The summed E-state index contributed by atoms with van der Waals surface area (Å²) in [6, 6.07) is 0.0199. The van der Waals surface area contributed by atoms with Gasteiger partial charge in [-0.25, -0.2) is 9.67 Å². The molecule has 5 heteroatoms. The minimum atomic E-state index is 0.00157. The first-order valence-electron chi connectivity index (χ1n) is 7.73. The number of hydrogen-bond acceptors (Lipinski definition) is 4. The van der Waals surface area contributed by atoms with Crippen molar-refractivity contribution in [1.29, 1.82) is 0 Å². The third kappa shape index (κ3) is 3.88. The van der Waals surface area contributed by atoms with Gasteiger partial charge in [-0.1, -0.05) is 33.1 Å². The van der Waals surface area contributed by atoms with Crippen LogP contribution in [0.25, 0.3) is 0 Å². The number of hydrogen-bond donors (Lipinski definition) is 1. The highest BCUT2D eigenvalue weighted by Gasteiger charge is 2.27. The zero-order valence-corrected chi connectivity index (χ0v) is 12.6.